The van der Waals surface area contributed by atoms with E-state index in [4.69, 9.17) is 0 Å². The molecule has 0 aromatic carbocycles. The van der Waals surface area contributed by atoms with Crippen LogP contribution in [0.15, 0.2) is 11.6 Å². The maximum Gasteiger partial charge on any atom is 0.350 e. The molecule has 0 amide bonds. The molecule has 0 aliphatic carbocycles. The number of hydrogen-bond donors (Lipinski definition) is 1. The summed E-state index contributed by atoms with van der Waals surface area (Å²) in [5.74, 6) is -0.418. The van der Waals surface area contributed by atoms with Gasteiger partial charge in [0.25, 0.3) is 0 Å². The maximum atomic E-state index is 11.5. The van der Waals surface area contributed by atoms with Gasteiger partial charge in [-0.05, 0) is 13.8 Å². The van der Waals surface area contributed by atoms with Crippen LogP contribution >= 0.6 is 22.7 Å². The van der Waals surface area contributed by atoms with E-state index in [9.17, 15) is 10.1 Å². The third-order valence-electron chi connectivity index (χ3n) is 2.48. The van der Waals surface area contributed by atoms with Gasteiger partial charge in [0, 0.05) is 17.3 Å². The molecule has 0 fully saturated rings. The average Bonchev–Trinajstić information content (AvgIpc) is 3.05. The highest BCUT2D eigenvalue weighted by Crippen LogP contribution is 2.24. The fourth-order valence-corrected chi connectivity index (χ4v) is 3.11. The molecule has 0 spiro atoms. The largest absolute Gasteiger partial charge is 0.465 e. The summed E-state index contributed by atoms with van der Waals surface area (Å²) >= 11 is 2.58. The molecule has 0 aliphatic rings. The van der Waals surface area contributed by atoms with Gasteiger partial charge in [-0.3, -0.25) is 0 Å². The molecule has 0 unspecified atom stereocenters. The molecule has 1 N–H and O–H groups in total. The zero-order valence-corrected chi connectivity index (χ0v) is 13.3. The average molecular weight is 320 g/mol. The number of thiazole rings is 2. The van der Waals surface area contributed by atoms with Crippen LogP contribution in [0.5, 0.6) is 0 Å². The van der Waals surface area contributed by atoms with Gasteiger partial charge in [-0.15, -0.1) is 11.3 Å². The Balaban J connectivity index is 2.20. The van der Waals surface area contributed by atoms with Crippen molar-refractivity contribution in [1.82, 2.24) is 9.97 Å². The molecule has 0 radical (unpaired) electrons. The topological polar surface area (TPSA) is 87.9 Å². The number of aryl methyl sites for hydroxylation is 2. The highest BCUT2D eigenvalue weighted by Gasteiger charge is 2.15. The number of allylic oxidation sites excluding steroid dienone is 1. The van der Waals surface area contributed by atoms with E-state index >= 15 is 0 Å². The summed E-state index contributed by atoms with van der Waals surface area (Å²) in [6.07, 6.45) is 1.54. The van der Waals surface area contributed by atoms with Gasteiger partial charge in [0.15, 0.2) is 5.13 Å². The number of nitrogens with one attached hydrogen (secondary N) is 1. The minimum absolute atomic E-state index is 0.417. The van der Waals surface area contributed by atoms with Crippen molar-refractivity contribution in [2.24, 2.45) is 0 Å². The van der Waals surface area contributed by atoms with Crippen LogP contribution in [0.2, 0.25) is 0 Å². The third-order valence-corrected chi connectivity index (χ3v) is 4.54. The molecule has 2 rings (SSSR count). The van der Waals surface area contributed by atoms with Crippen LogP contribution in [0, 0.1) is 25.2 Å². The van der Waals surface area contributed by atoms with Crippen molar-refractivity contribution in [2.45, 2.75) is 13.8 Å². The molecular formula is C13H12N4O2S2. The molecule has 0 saturated heterocycles. The van der Waals surface area contributed by atoms with Crippen molar-refractivity contribution in [3.8, 4) is 6.07 Å². The van der Waals surface area contributed by atoms with E-state index in [2.05, 4.69) is 26.1 Å². The first-order valence-corrected chi connectivity index (χ1v) is 7.59. The summed E-state index contributed by atoms with van der Waals surface area (Å²) in [6.45, 7) is 3.60. The fraction of sp³-hybridized carbons (Fsp3) is 0.231. The molecule has 0 saturated carbocycles. The first-order valence-electron chi connectivity index (χ1n) is 5.90. The molecule has 2 aromatic rings. The fourth-order valence-electron chi connectivity index (χ4n) is 1.49. The molecule has 0 bridgehead atoms. The van der Waals surface area contributed by atoms with Crippen molar-refractivity contribution in [1.29, 1.82) is 5.26 Å². The zero-order valence-electron chi connectivity index (χ0n) is 11.6. The molecule has 2 heterocycles. The van der Waals surface area contributed by atoms with Crippen LogP contribution in [0.3, 0.4) is 0 Å². The second kappa shape index (κ2) is 6.47. The van der Waals surface area contributed by atoms with Crippen molar-refractivity contribution >= 4 is 39.3 Å². The summed E-state index contributed by atoms with van der Waals surface area (Å²) in [5, 5.41) is 15.1. The smallest absolute Gasteiger partial charge is 0.350 e. The van der Waals surface area contributed by atoms with Gasteiger partial charge < -0.3 is 10.1 Å². The number of anilines is 1. The Labute approximate surface area is 129 Å². The molecule has 2 aromatic heterocycles. The van der Waals surface area contributed by atoms with E-state index in [0.29, 0.717) is 26.3 Å². The number of carbonyl (C=O) groups is 1. The lowest BCUT2D eigenvalue weighted by atomic mass is 10.3. The SMILES string of the molecule is COC(=O)c1sc(N/C=C(\C#N)c2nc(C)cs2)nc1C. The number of esters is 1. The second-order valence-corrected chi connectivity index (χ2v) is 5.89. The predicted octanol–water partition coefficient (Wildman–Crippen LogP) is 2.98. The van der Waals surface area contributed by atoms with E-state index < -0.39 is 5.97 Å². The highest BCUT2D eigenvalue weighted by atomic mass is 32.1. The number of nitrogens with zero attached hydrogens (tertiary/aromatic N) is 3. The third kappa shape index (κ3) is 3.45. The number of rotatable bonds is 4. The lowest BCUT2D eigenvalue weighted by Gasteiger charge is -1.95. The van der Waals surface area contributed by atoms with E-state index in [1.807, 2.05) is 12.3 Å². The van der Waals surface area contributed by atoms with Gasteiger partial charge in [0.05, 0.1) is 12.8 Å². The Morgan fingerprint density at radius 3 is 2.81 bits per heavy atom. The second-order valence-electron chi connectivity index (χ2n) is 4.03. The number of aromatic nitrogens is 2. The van der Waals surface area contributed by atoms with E-state index in [-0.39, 0.29) is 0 Å². The summed E-state index contributed by atoms with van der Waals surface area (Å²) in [6, 6.07) is 2.09. The Kier molecular flexibility index (Phi) is 4.67. The number of hydrogen-bond acceptors (Lipinski definition) is 8. The van der Waals surface area contributed by atoms with Crippen LogP contribution in [0.1, 0.15) is 26.1 Å². The molecule has 108 valence electrons. The molecule has 6 nitrogen and oxygen atoms in total. The lowest BCUT2D eigenvalue weighted by molar-refractivity contribution is 0.0605. The zero-order chi connectivity index (χ0) is 15.4. The summed E-state index contributed by atoms with van der Waals surface area (Å²) in [5.41, 5.74) is 1.88. The molecular weight excluding hydrogens is 308 g/mol. The van der Waals surface area contributed by atoms with Gasteiger partial charge in [-0.25, -0.2) is 14.8 Å². The summed E-state index contributed by atoms with van der Waals surface area (Å²) < 4.78 is 4.68. The number of ether oxygens (including phenoxy) is 1. The van der Waals surface area contributed by atoms with Crippen LogP contribution in [-0.2, 0) is 4.74 Å². The number of nitriles is 1. The number of methoxy groups -OCH3 is 1. The minimum atomic E-state index is -0.418. The molecule has 0 aliphatic heterocycles. The predicted molar refractivity (Wildman–Crippen MR) is 82.3 cm³/mol. The van der Waals surface area contributed by atoms with Gasteiger partial charge in [-0.2, -0.15) is 5.26 Å². The lowest BCUT2D eigenvalue weighted by Crippen LogP contribution is -1.99. The molecule has 8 heteroatoms. The Morgan fingerprint density at radius 2 is 2.24 bits per heavy atom. The molecule has 0 atom stereocenters. The van der Waals surface area contributed by atoms with Gasteiger partial charge >= 0.3 is 5.97 Å². The van der Waals surface area contributed by atoms with Crippen LogP contribution in [-0.4, -0.2) is 23.0 Å². The van der Waals surface area contributed by atoms with Gasteiger partial charge in [0.2, 0.25) is 0 Å². The maximum absolute atomic E-state index is 11.5. The highest BCUT2D eigenvalue weighted by molar-refractivity contribution is 7.17. The van der Waals surface area contributed by atoms with Gasteiger partial charge in [-0.1, -0.05) is 11.3 Å². The number of carbonyl (C=O) groups excluding carboxylic acids is 1. The standard InChI is InChI=1S/C13H12N4O2S2/c1-7-6-20-11(16-7)9(4-14)5-15-13-17-8(2)10(21-13)12(18)19-3/h5-6H,1-3H3,(H,15,17)/b9-5+. The van der Waals surface area contributed by atoms with E-state index in [1.54, 1.807) is 6.92 Å². The Bertz CT molecular complexity index is 740. The summed E-state index contributed by atoms with van der Waals surface area (Å²) in [7, 11) is 1.33. The monoisotopic (exact) mass is 320 g/mol. The van der Waals surface area contributed by atoms with E-state index in [0.717, 1.165) is 5.69 Å². The first kappa shape index (κ1) is 15.2. The normalized spacial score (nSPS) is 11.0. The van der Waals surface area contributed by atoms with Gasteiger partial charge in [0.1, 0.15) is 21.5 Å². The van der Waals surface area contributed by atoms with Crippen LogP contribution in [0.25, 0.3) is 5.57 Å². The molecule has 21 heavy (non-hydrogen) atoms. The van der Waals surface area contributed by atoms with E-state index in [1.165, 1.54) is 36.0 Å². The Hall–Kier alpha value is -2.24. The Morgan fingerprint density at radius 1 is 1.48 bits per heavy atom. The van der Waals surface area contributed by atoms with Crippen molar-refractivity contribution in [2.75, 3.05) is 12.4 Å². The van der Waals surface area contributed by atoms with Crippen molar-refractivity contribution in [3.05, 3.63) is 32.9 Å². The quantitative estimate of drug-likeness (QED) is 0.688. The van der Waals surface area contributed by atoms with Crippen molar-refractivity contribution < 1.29 is 9.53 Å². The summed E-state index contributed by atoms with van der Waals surface area (Å²) in [4.78, 5) is 20.4. The van der Waals surface area contributed by atoms with Crippen LogP contribution < -0.4 is 5.32 Å². The van der Waals surface area contributed by atoms with Crippen molar-refractivity contribution in [3.63, 3.8) is 0 Å². The minimum Gasteiger partial charge on any atom is -0.465 e. The first-order chi connectivity index (χ1) is 10.0. The van der Waals surface area contributed by atoms with Crippen LogP contribution in [0.4, 0.5) is 5.13 Å².